The third kappa shape index (κ3) is 5.30. The lowest BCUT2D eigenvalue weighted by Crippen LogP contribution is -2.32. The Balaban J connectivity index is 2.75. The summed E-state index contributed by atoms with van der Waals surface area (Å²) in [6.07, 6.45) is 0.773. The van der Waals surface area contributed by atoms with Crippen molar-refractivity contribution in [2.45, 2.75) is 57.6 Å². The first-order valence-corrected chi connectivity index (χ1v) is 8.18. The summed E-state index contributed by atoms with van der Waals surface area (Å²) in [5, 5.41) is 3.30. The van der Waals surface area contributed by atoms with Crippen LogP contribution in [0.4, 0.5) is 0 Å². The van der Waals surface area contributed by atoms with Crippen molar-refractivity contribution in [3.05, 3.63) is 29.8 Å². The molecule has 4 nitrogen and oxygen atoms in total. The number of nitrogens with one attached hydrogen (secondary N) is 2. The van der Waals surface area contributed by atoms with Crippen molar-refractivity contribution in [3.8, 4) is 0 Å². The Morgan fingerprint density at radius 1 is 1.11 bits per heavy atom. The molecule has 2 N–H and O–H groups in total. The van der Waals surface area contributed by atoms with E-state index < -0.39 is 10.0 Å². The van der Waals surface area contributed by atoms with Gasteiger partial charge in [0.25, 0.3) is 0 Å². The van der Waals surface area contributed by atoms with Gasteiger partial charge in [0.1, 0.15) is 0 Å². The Kier molecular flexibility index (Phi) is 5.97. The monoisotopic (exact) mass is 284 g/mol. The lowest BCUT2D eigenvalue weighted by atomic mass is 10.2. The van der Waals surface area contributed by atoms with Gasteiger partial charge < -0.3 is 5.32 Å². The van der Waals surface area contributed by atoms with E-state index in [1.165, 1.54) is 0 Å². The second-order valence-corrected chi connectivity index (χ2v) is 6.82. The highest BCUT2D eigenvalue weighted by molar-refractivity contribution is 7.89. The molecule has 0 bridgehead atoms. The Bertz CT molecular complexity index is 481. The predicted octanol–water partition coefficient (Wildman–Crippen LogP) is 2.26. The van der Waals surface area contributed by atoms with E-state index in [9.17, 15) is 8.42 Å². The van der Waals surface area contributed by atoms with Crippen molar-refractivity contribution in [2.24, 2.45) is 0 Å². The van der Waals surface area contributed by atoms with Crippen molar-refractivity contribution >= 4 is 10.0 Å². The molecule has 0 saturated heterocycles. The predicted molar refractivity (Wildman–Crippen MR) is 78.5 cm³/mol. The SMILES string of the molecule is CCC(C)NS(=O)(=O)c1ccc(CNC(C)C)cc1. The number of benzene rings is 1. The average molecular weight is 284 g/mol. The van der Waals surface area contributed by atoms with E-state index in [1.54, 1.807) is 12.1 Å². The molecular weight excluding hydrogens is 260 g/mol. The van der Waals surface area contributed by atoms with Crippen LogP contribution in [-0.4, -0.2) is 20.5 Å². The Hall–Kier alpha value is -0.910. The van der Waals surface area contributed by atoms with Crippen LogP contribution in [0.5, 0.6) is 0 Å². The summed E-state index contributed by atoms with van der Waals surface area (Å²) in [6.45, 7) is 8.72. The van der Waals surface area contributed by atoms with E-state index in [0.29, 0.717) is 10.9 Å². The van der Waals surface area contributed by atoms with Gasteiger partial charge in [-0.25, -0.2) is 13.1 Å². The third-order valence-electron chi connectivity index (χ3n) is 2.92. The van der Waals surface area contributed by atoms with Gasteiger partial charge in [0.2, 0.25) is 10.0 Å². The van der Waals surface area contributed by atoms with Crippen LogP contribution < -0.4 is 10.0 Å². The first-order valence-electron chi connectivity index (χ1n) is 6.69. The molecule has 1 aromatic rings. The maximum Gasteiger partial charge on any atom is 0.240 e. The molecule has 1 aromatic carbocycles. The molecule has 0 aliphatic heterocycles. The zero-order valence-corrected chi connectivity index (χ0v) is 12.9. The molecule has 0 radical (unpaired) electrons. The van der Waals surface area contributed by atoms with Crippen LogP contribution in [0.25, 0.3) is 0 Å². The van der Waals surface area contributed by atoms with Crippen LogP contribution in [0.1, 0.15) is 39.7 Å². The Morgan fingerprint density at radius 2 is 1.68 bits per heavy atom. The summed E-state index contributed by atoms with van der Waals surface area (Å²) in [5.74, 6) is 0. The molecule has 0 spiro atoms. The molecule has 108 valence electrons. The molecule has 0 aliphatic rings. The van der Waals surface area contributed by atoms with E-state index in [-0.39, 0.29) is 6.04 Å². The molecule has 5 heteroatoms. The molecule has 0 aliphatic carbocycles. The van der Waals surface area contributed by atoms with Gasteiger partial charge in [0.05, 0.1) is 4.90 Å². The summed E-state index contributed by atoms with van der Waals surface area (Å²) in [7, 11) is -3.39. The number of hydrogen-bond acceptors (Lipinski definition) is 3. The summed E-state index contributed by atoms with van der Waals surface area (Å²) in [5.41, 5.74) is 1.08. The minimum Gasteiger partial charge on any atom is -0.310 e. The van der Waals surface area contributed by atoms with E-state index >= 15 is 0 Å². The summed E-state index contributed by atoms with van der Waals surface area (Å²) >= 11 is 0. The van der Waals surface area contributed by atoms with Crippen molar-refractivity contribution in [3.63, 3.8) is 0 Å². The van der Waals surface area contributed by atoms with E-state index in [2.05, 4.69) is 23.9 Å². The first-order chi connectivity index (χ1) is 8.85. The fourth-order valence-electron chi connectivity index (χ4n) is 1.52. The Labute approximate surface area is 116 Å². The van der Waals surface area contributed by atoms with E-state index in [4.69, 9.17) is 0 Å². The molecule has 1 atom stereocenters. The summed E-state index contributed by atoms with van der Waals surface area (Å²) in [6, 6.07) is 7.37. The molecule has 0 heterocycles. The van der Waals surface area contributed by atoms with Gasteiger partial charge in [-0.15, -0.1) is 0 Å². The second kappa shape index (κ2) is 7.03. The van der Waals surface area contributed by atoms with E-state index in [0.717, 1.165) is 18.5 Å². The fourth-order valence-corrected chi connectivity index (χ4v) is 2.85. The highest BCUT2D eigenvalue weighted by Crippen LogP contribution is 2.11. The van der Waals surface area contributed by atoms with Crippen molar-refractivity contribution < 1.29 is 8.42 Å². The molecule has 1 unspecified atom stereocenters. The maximum atomic E-state index is 12.1. The van der Waals surface area contributed by atoms with Crippen LogP contribution >= 0.6 is 0 Å². The number of rotatable bonds is 7. The van der Waals surface area contributed by atoms with Crippen LogP contribution in [0.2, 0.25) is 0 Å². The summed E-state index contributed by atoms with van der Waals surface area (Å²) in [4.78, 5) is 0.320. The first kappa shape index (κ1) is 16.1. The minimum absolute atomic E-state index is 0.0488. The largest absolute Gasteiger partial charge is 0.310 e. The quantitative estimate of drug-likeness (QED) is 0.807. The van der Waals surface area contributed by atoms with Crippen LogP contribution in [0.3, 0.4) is 0 Å². The number of sulfonamides is 1. The fraction of sp³-hybridized carbons (Fsp3) is 0.571. The van der Waals surface area contributed by atoms with Gasteiger partial charge >= 0.3 is 0 Å². The van der Waals surface area contributed by atoms with Crippen LogP contribution in [-0.2, 0) is 16.6 Å². The second-order valence-electron chi connectivity index (χ2n) is 5.11. The molecule has 0 fully saturated rings. The molecule has 0 saturated carbocycles. The maximum absolute atomic E-state index is 12.1. The van der Waals surface area contributed by atoms with Crippen molar-refractivity contribution in [1.82, 2.24) is 10.0 Å². The van der Waals surface area contributed by atoms with Gasteiger partial charge in [0.15, 0.2) is 0 Å². The standard InChI is InChI=1S/C14H24N2O2S/c1-5-12(4)16-19(17,18)14-8-6-13(7-9-14)10-15-11(2)3/h6-9,11-12,15-16H,5,10H2,1-4H3. The van der Waals surface area contributed by atoms with Gasteiger partial charge in [-0.05, 0) is 31.0 Å². The highest BCUT2D eigenvalue weighted by atomic mass is 32.2. The highest BCUT2D eigenvalue weighted by Gasteiger charge is 2.15. The Morgan fingerprint density at radius 3 is 2.16 bits per heavy atom. The molecule has 19 heavy (non-hydrogen) atoms. The van der Waals surface area contributed by atoms with Gasteiger partial charge in [-0.3, -0.25) is 0 Å². The van der Waals surface area contributed by atoms with Gasteiger partial charge in [-0.1, -0.05) is 32.9 Å². The lowest BCUT2D eigenvalue weighted by Gasteiger charge is -2.13. The van der Waals surface area contributed by atoms with Crippen molar-refractivity contribution in [2.75, 3.05) is 0 Å². The zero-order valence-electron chi connectivity index (χ0n) is 12.1. The third-order valence-corrected chi connectivity index (χ3v) is 4.52. The van der Waals surface area contributed by atoms with Crippen LogP contribution in [0, 0.1) is 0 Å². The summed E-state index contributed by atoms with van der Waals surface area (Å²) < 4.78 is 26.8. The molecular formula is C14H24N2O2S. The van der Waals surface area contributed by atoms with E-state index in [1.807, 2.05) is 26.0 Å². The van der Waals surface area contributed by atoms with Crippen molar-refractivity contribution in [1.29, 1.82) is 0 Å². The van der Waals surface area contributed by atoms with Gasteiger partial charge in [0, 0.05) is 18.6 Å². The van der Waals surface area contributed by atoms with Gasteiger partial charge in [-0.2, -0.15) is 0 Å². The lowest BCUT2D eigenvalue weighted by molar-refractivity contribution is 0.555. The zero-order chi connectivity index (χ0) is 14.5. The number of hydrogen-bond donors (Lipinski definition) is 2. The minimum atomic E-state index is -3.39. The normalized spacial score (nSPS) is 13.7. The topological polar surface area (TPSA) is 58.2 Å². The smallest absolute Gasteiger partial charge is 0.240 e. The average Bonchev–Trinajstić information content (AvgIpc) is 2.36. The van der Waals surface area contributed by atoms with Crippen LogP contribution in [0.15, 0.2) is 29.2 Å². The molecule has 0 aromatic heterocycles. The molecule has 0 amide bonds. The molecule has 1 rings (SSSR count).